The molecule has 0 aliphatic heterocycles. The second kappa shape index (κ2) is 5.76. The molecule has 2 N–H and O–H groups in total. The molecule has 2 saturated carbocycles. The predicted molar refractivity (Wildman–Crippen MR) is 89.8 cm³/mol. The van der Waals surface area contributed by atoms with Crippen molar-refractivity contribution in [2.45, 2.75) is 37.8 Å². The smallest absolute Gasteiger partial charge is 0.224 e. The van der Waals surface area contributed by atoms with Crippen LogP contribution in [0.25, 0.3) is 0 Å². The van der Waals surface area contributed by atoms with Crippen molar-refractivity contribution < 1.29 is 4.79 Å². The summed E-state index contributed by atoms with van der Waals surface area (Å²) in [5.74, 6) is 1.10. The summed E-state index contributed by atoms with van der Waals surface area (Å²) in [5, 5.41) is 10.8. The number of carbonyl (C=O) groups excluding carboxylic acids is 1. The van der Waals surface area contributed by atoms with Gasteiger partial charge in [-0.15, -0.1) is 0 Å². The van der Waals surface area contributed by atoms with E-state index in [1.54, 1.807) is 0 Å². The van der Waals surface area contributed by atoms with Crippen molar-refractivity contribution in [2.75, 3.05) is 0 Å². The standard InChI is InChI=1S/C16H17ClN4OS/c17-13-4-2-1-3-10(13)11-7-12(11)15(22)18-8-14-19-20-16(23)21(14)9-5-6-9/h1-4,9,11-12H,5-8H2,(H,18,22)(H,20,23)/t11-,12-/m0/s1. The minimum Gasteiger partial charge on any atom is -0.349 e. The highest BCUT2D eigenvalue weighted by Crippen LogP contribution is 2.49. The number of nitrogens with zero attached hydrogens (tertiary/aromatic N) is 2. The average Bonchev–Trinajstić information content (AvgIpc) is 3.45. The van der Waals surface area contributed by atoms with Crippen LogP contribution in [0.1, 0.15) is 42.6 Å². The highest BCUT2D eigenvalue weighted by atomic mass is 35.5. The number of halogens is 1. The maximum absolute atomic E-state index is 12.3. The zero-order chi connectivity index (χ0) is 16.0. The number of benzene rings is 1. The van der Waals surface area contributed by atoms with Gasteiger partial charge in [0.1, 0.15) is 0 Å². The SMILES string of the molecule is O=C(NCc1n[nH]c(=S)n1C1CC1)[C@H]1C[C@H]1c1ccccc1Cl. The summed E-state index contributed by atoms with van der Waals surface area (Å²) < 4.78 is 2.66. The van der Waals surface area contributed by atoms with Crippen molar-refractivity contribution in [1.29, 1.82) is 0 Å². The van der Waals surface area contributed by atoms with Crippen LogP contribution in [0.5, 0.6) is 0 Å². The third-order valence-electron chi connectivity index (χ3n) is 4.54. The molecule has 2 aromatic rings. The Balaban J connectivity index is 1.39. The molecule has 23 heavy (non-hydrogen) atoms. The summed E-state index contributed by atoms with van der Waals surface area (Å²) in [4.78, 5) is 12.3. The molecule has 0 bridgehead atoms. The van der Waals surface area contributed by atoms with Gasteiger partial charge in [-0.05, 0) is 49.0 Å². The molecule has 120 valence electrons. The summed E-state index contributed by atoms with van der Waals surface area (Å²) in [6.45, 7) is 0.411. The Hall–Kier alpha value is -1.66. The fourth-order valence-corrected chi connectivity index (χ4v) is 3.65. The van der Waals surface area contributed by atoms with E-state index in [1.165, 1.54) is 0 Å². The Labute approximate surface area is 144 Å². The number of hydrogen-bond acceptors (Lipinski definition) is 3. The summed E-state index contributed by atoms with van der Waals surface area (Å²) in [5.41, 5.74) is 1.06. The Morgan fingerprint density at radius 3 is 2.96 bits per heavy atom. The highest BCUT2D eigenvalue weighted by Gasteiger charge is 2.44. The highest BCUT2D eigenvalue weighted by molar-refractivity contribution is 7.71. The first-order valence-corrected chi connectivity index (χ1v) is 8.61. The van der Waals surface area contributed by atoms with Gasteiger partial charge in [-0.2, -0.15) is 5.10 Å². The second-order valence-electron chi connectivity index (χ2n) is 6.23. The maximum Gasteiger partial charge on any atom is 0.224 e. The van der Waals surface area contributed by atoms with Gasteiger partial charge in [-0.25, -0.2) is 0 Å². The lowest BCUT2D eigenvalue weighted by atomic mass is 10.1. The lowest BCUT2D eigenvalue weighted by Crippen LogP contribution is -2.26. The van der Waals surface area contributed by atoms with E-state index in [2.05, 4.69) is 15.5 Å². The zero-order valence-electron chi connectivity index (χ0n) is 12.5. The molecule has 2 atom stereocenters. The minimum absolute atomic E-state index is 0.00573. The largest absolute Gasteiger partial charge is 0.349 e. The van der Waals surface area contributed by atoms with Gasteiger partial charge in [0.25, 0.3) is 0 Å². The lowest BCUT2D eigenvalue weighted by Gasteiger charge is -2.07. The summed E-state index contributed by atoms with van der Waals surface area (Å²) in [7, 11) is 0. The molecule has 1 heterocycles. The molecule has 1 aromatic heterocycles. The molecular weight excluding hydrogens is 332 g/mol. The monoisotopic (exact) mass is 348 g/mol. The molecule has 0 radical (unpaired) electrons. The van der Waals surface area contributed by atoms with Gasteiger partial charge in [0.2, 0.25) is 5.91 Å². The second-order valence-corrected chi connectivity index (χ2v) is 7.03. The van der Waals surface area contributed by atoms with E-state index in [-0.39, 0.29) is 17.7 Å². The number of nitrogens with one attached hydrogen (secondary N) is 2. The van der Waals surface area contributed by atoms with Gasteiger partial charge in [-0.1, -0.05) is 29.8 Å². The van der Waals surface area contributed by atoms with Crippen molar-refractivity contribution in [3.8, 4) is 0 Å². The topological polar surface area (TPSA) is 62.7 Å². The number of hydrogen-bond donors (Lipinski definition) is 2. The van der Waals surface area contributed by atoms with Crippen LogP contribution in [0.4, 0.5) is 0 Å². The van der Waals surface area contributed by atoms with Crippen molar-refractivity contribution in [1.82, 2.24) is 20.1 Å². The number of rotatable bonds is 5. The molecule has 0 spiro atoms. The van der Waals surface area contributed by atoms with E-state index in [9.17, 15) is 4.79 Å². The Morgan fingerprint density at radius 1 is 1.43 bits per heavy atom. The first kappa shape index (κ1) is 14.9. The molecule has 2 aliphatic carbocycles. The fourth-order valence-electron chi connectivity index (χ4n) is 3.07. The average molecular weight is 349 g/mol. The van der Waals surface area contributed by atoms with Gasteiger partial charge < -0.3 is 5.32 Å². The molecule has 2 fully saturated rings. The maximum atomic E-state index is 12.3. The zero-order valence-corrected chi connectivity index (χ0v) is 14.0. The summed E-state index contributed by atoms with van der Waals surface area (Å²) >= 11 is 11.5. The third kappa shape index (κ3) is 2.93. The quantitative estimate of drug-likeness (QED) is 0.814. The van der Waals surface area contributed by atoms with Gasteiger partial charge in [0, 0.05) is 17.0 Å². The predicted octanol–water partition coefficient (Wildman–Crippen LogP) is 3.35. The van der Waals surface area contributed by atoms with Crippen LogP contribution in [0, 0.1) is 10.7 Å². The van der Waals surface area contributed by atoms with E-state index < -0.39 is 0 Å². The van der Waals surface area contributed by atoms with Crippen LogP contribution >= 0.6 is 23.8 Å². The number of amides is 1. The van der Waals surface area contributed by atoms with E-state index in [0.29, 0.717) is 17.4 Å². The molecule has 1 amide bonds. The first-order chi connectivity index (χ1) is 11.1. The Kier molecular flexibility index (Phi) is 3.73. The number of aromatic amines is 1. The van der Waals surface area contributed by atoms with E-state index in [1.807, 2.05) is 28.8 Å². The molecule has 0 unspecified atom stereocenters. The summed E-state index contributed by atoms with van der Waals surface area (Å²) in [6.07, 6.45) is 3.11. The first-order valence-electron chi connectivity index (χ1n) is 7.83. The fraction of sp³-hybridized carbons (Fsp3) is 0.438. The van der Waals surface area contributed by atoms with Crippen molar-refractivity contribution in [3.63, 3.8) is 0 Å². The molecule has 7 heteroatoms. The van der Waals surface area contributed by atoms with E-state index in [0.717, 1.165) is 35.7 Å². The van der Waals surface area contributed by atoms with Crippen LogP contribution in [-0.4, -0.2) is 20.7 Å². The number of aromatic nitrogens is 3. The van der Waals surface area contributed by atoms with Crippen LogP contribution in [0.3, 0.4) is 0 Å². The molecule has 1 aromatic carbocycles. The normalized spacial score (nSPS) is 22.8. The third-order valence-corrected chi connectivity index (χ3v) is 5.17. The number of carbonyl (C=O) groups is 1. The van der Waals surface area contributed by atoms with Crippen molar-refractivity contribution >= 4 is 29.7 Å². The van der Waals surface area contributed by atoms with Gasteiger partial charge >= 0.3 is 0 Å². The number of H-pyrrole nitrogens is 1. The van der Waals surface area contributed by atoms with Crippen LogP contribution in [-0.2, 0) is 11.3 Å². The van der Waals surface area contributed by atoms with Gasteiger partial charge in [0.15, 0.2) is 10.6 Å². The molecular formula is C16H17ClN4OS. The lowest BCUT2D eigenvalue weighted by molar-refractivity contribution is -0.122. The van der Waals surface area contributed by atoms with Crippen LogP contribution < -0.4 is 5.32 Å². The Bertz CT molecular complexity index is 810. The van der Waals surface area contributed by atoms with E-state index >= 15 is 0 Å². The van der Waals surface area contributed by atoms with Crippen LogP contribution in [0.15, 0.2) is 24.3 Å². The molecule has 2 aliphatic rings. The summed E-state index contributed by atoms with van der Waals surface area (Å²) in [6, 6.07) is 8.19. The van der Waals surface area contributed by atoms with Gasteiger partial charge in [-0.3, -0.25) is 14.5 Å². The van der Waals surface area contributed by atoms with E-state index in [4.69, 9.17) is 23.8 Å². The van der Waals surface area contributed by atoms with Gasteiger partial charge in [0.05, 0.1) is 6.54 Å². The molecule has 5 nitrogen and oxygen atoms in total. The van der Waals surface area contributed by atoms with Crippen molar-refractivity contribution in [2.24, 2.45) is 5.92 Å². The Morgan fingerprint density at radius 2 is 2.22 bits per heavy atom. The van der Waals surface area contributed by atoms with Crippen molar-refractivity contribution in [3.05, 3.63) is 45.4 Å². The molecule has 4 rings (SSSR count). The molecule has 0 saturated heterocycles. The van der Waals surface area contributed by atoms with Crippen LogP contribution in [0.2, 0.25) is 5.02 Å². The minimum atomic E-state index is 0.00573.